The second-order valence-corrected chi connectivity index (χ2v) is 4.95. The predicted octanol–water partition coefficient (Wildman–Crippen LogP) is 4.42. The molecule has 120 valence electrons. The van der Waals surface area contributed by atoms with Gasteiger partial charge in [-0.2, -0.15) is 0 Å². The zero-order valence-corrected chi connectivity index (χ0v) is 13.8. The number of hydrogen-bond donors (Lipinski definition) is 1. The summed E-state index contributed by atoms with van der Waals surface area (Å²) in [5.41, 5.74) is -0.448. The Morgan fingerprint density at radius 2 is 1.55 bits per heavy atom. The lowest BCUT2D eigenvalue weighted by molar-refractivity contribution is -0.150. The molecule has 0 aliphatic heterocycles. The number of unbranched alkanes of at least 4 members (excludes halogenated alkanes) is 1. The first-order chi connectivity index (χ1) is 9.43. The molecule has 20 heavy (non-hydrogen) atoms. The average Bonchev–Trinajstić information content (AvgIpc) is 2.41. The molecule has 0 aromatic rings. The van der Waals surface area contributed by atoms with Gasteiger partial charge in [0, 0.05) is 6.42 Å². The average molecular weight is 288 g/mol. The van der Waals surface area contributed by atoms with Crippen molar-refractivity contribution in [2.24, 2.45) is 5.41 Å². The van der Waals surface area contributed by atoms with Crippen LogP contribution in [0, 0.1) is 5.41 Å². The van der Waals surface area contributed by atoms with Crippen LogP contribution in [0.4, 0.5) is 0 Å². The van der Waals surface area contributed by atoms with Crippen LogP contribution in [0.3, 0.4) is 0 Å². The molecule has 0 aromatic heterocycles. The molecule has 0 saturated carbocycles. The highest BCUT2D eigenvalue weighted by atomic mass is 16.5. The number of hydrogen-bond acceptors (Lipinski definition) is 3. The molecule has 0 aliphatic rings. The van der Waals surface area contributed by atoms with Crippen LogP contribution in [0.5, 0.6) is 0 Å². The molecule has 0 radical (unpaired) electrons. The maximum Gasteiger partial charge on any atom is 0.309 e. The highest BCUT2D eigenvalue weighted by Crippen LogP contribution is 2.32. The van der Waals surface area contributed by atoms with Crippen molar-refractivity contribution < 1.29 is 19.4 Å². The second kappa shape index (κ2) is 12.9. The molecule has 0 heterocycles. The van der Waals surface area contributed by atoms with Gasteiger partial charge >= 0.3 is 11.9 Å². The van der Waals surface area contributed by atoms with E-state index in [1.54, 1.807) is 0 Å². The van der Waals surface area contributed by atoms with E-state index >= 15 is 0 Å². The third-order valence-electron chi connectivity index (χ3n) is 3.58. The minimum absolute atomic E-state index is 0.0880. The van der Waals surface area contributed by atoms with Crippen molar-refractivity contribution in [1.29, 1.82) is 0 Å². The van der Waals surface area contributed by atoms with Crippen LogP contribution in [0.1, 0.15) is 79.6 Å². The Morgan fingerprint density at radius 1 is 1.00 bits per heavy atom. The Kier molecular flexibility index (Phi) is 13.8. The van der Waals surface area contributed by atoms with E-state index in [-0.39, 0.29) is 5.97 Å². The zero-order valence-electron chi connectivity index (χ0n) is 13.8. The fourth-order valence-electron chi connectivity index (χ4n) is 1.97. The Balaban J connectivity index is 0. The summed E-state index contributed by atoms with van der Waals surface area (Å²) in [7, 11) is 0. The monoisotopic (exact) mass is 288 g/mol. The first-order valence-electron chi connectivity index (χ1n) is 7.82. The first-order valence-corrected chi connectivity index (χ1v) is 7.82. The molecule has 0 unspecified atom stereocenters. The Hall–Kier alpha value is -1.06. The van der Waals surface area contributed by atoms with E-state index < -0.39 is 11.4 Å². The van der Waals surface area contributed by atoms with Crippen LogP contribution in [-0.2, 0) is 14.3 Å². The van der Waals surface area contributed by atoms with Gasteiger partial charge in [-0.05, 0) is 32.6 Å². The molecular formula is C16H32O4. The van der Waals surface area contributed by atoms with Gasteiger partial charge in [-0.15, -0.1) is 0 Å². The lowest BCUT2D eigenvalue weighted by Crippen LogP contribution is -2.29. The summed E-state index contributed by atoms with van der Waals surface area (Å²) in [5, 5.41) is 9.05. The van der Waals surface area contributed by atoms with Gasteiger partial charge in [0.15, 0.2) is 0 Å². The highest BCUT2D eigenvalue weighted by molar-refractivity contribution is 5.74. The van der Waals surface area contributed by atoms with Crippen LogP contribution in [0.2, 0.25) is 0 Å². The van der Waals surface area contributed by atoms with Crippen molar-refractivity contribution in [2.45, 2.75) is 79.6 Å². The summed E-state index contributed by atoms with van der Waals surface area (Å²) in [6.45, 7) is 10.3. The van der Waals surface area contributed by atoms with Gasteiger partial charge in [0.05, 0.1) is 12.0 Å². The van der Waals surface area contributed by atoms with Gasteiger partial charge in [0.25, 0.3) is 0 Å². The third kappa shape index (κ3) is 8.94. The SMILES string of the molecule is CCCC(=O)OCC.CCCCC(CC)(CC)C(=O)O. The first kappa shape index (κ1) is 21.2. The van der Waals surface area contributed by atoms with Crippen LogP contribution >= 0.6 is 0 Å². The molecule has 0 amide bonds. The molecule has 4 heteroatoms. The molecule has 0 spiro atoms. The maximum absolute atomic E-state index is 11.0. The van der Waals surface area contributed by atoms with Crippen LogP contribution < -0.4 is 0 Å². The third-order valence-corrected chi connectivity index (χ3v) is 3.58. The number of carboxylic acids is 1. The van der Waals surface area contributed by atoms with Gasteiger partial charge < -0.3 is 9.84 Å². The van der Waals surface area contributed by atoms with Crippen molar-refractivity contribution in [2.75, 3.05) is 6.61 Å². The minimum Gasteiger partial charge on any atom is -0.481 e. The van der Waals surface area contributed by atoms with Crippen LogP contribution in [0.15, 0.2) is 0 Å². The van der Waals surface area contributed by atoms with Crippen LogP contribution in [-0.4, -0.2) is 23.7 Å². The van der Waals surface area contributed by atoms with Gasteiger partial charge in [0.2, 0.25) is 0 Å². The molecule has 4 nitrogen and oxygen atoms in total. The Morgan fingerprint density at radius 3 is 1.85 bits per heavy atom. The van der Waals surface area contributed by atoms with E-state index in [2.05, 4.69) is 11.7 Å². The quantitative estimate of drug-likeness (QED) is 0.638. The molecule has 0 bridgehead atoms. The van der Waals surface area contributed by atoms with Crippen molar-refractivity contribution in [3.05, 3.63) is 0 Å². The molecule has 0 saturated heterocycles. The normalized spacial score (nSPS) is 10.4. The van der Waals surface area contributed by atoms with Gasteiger partial charge in [-0.3, -0.25) is 9.59 Å². The van der Waals surface area contributed by atoms with Gasteiger partial charge in [0.1, 0.15) is 0 Å². The standard InChI is InChI=1S/C10H20O2.C6H12O2/c1-4-7-8-10(5-2,6-3)9(11)12;1-3-5-6(7)8-4-2/h4-8H2,1-3H3,(H,11,12);3-5H2,1-2H3. The smallest absolute Gasteiger partial charge is 0.309 e. The lowest BCUT2D eigenvalue weighted by atomic mass is 9.78. The molecule has 0 fully saturated rings. The largest absolute Gasteiger partial charge is 0.481 e. The summed E-state index contributed by atoms with van der Waals surface area (Å²) in [4.78, 5) is 21.4. The summed E-state index contributed by atoms with van der Waals surface area (Å²) >= 11 is 0. The fraction of sp³-hybridized carbons (Fsp3) is 0.875. The summed E-state index contributed by atoms with van der Waals surface area (Å²) in [6, 6.07) is 0. The lowest BCUT2D eigenvalue weighted by Gasteiger charge is -2.26. The summed E-state index contributed by atoms with van der Waals surface area (Å²) in [6.07, 6.45) is 5.85. The number of esters is 1. The van der Waals surface area contributed by atoms with E-state index in [9.17, 15) is 9.59 Å². The number of ether oxygens (including phenoxy) is 1. The fourth-order valence-corrected chi connectivity index (χ4v) is 1.97. The molecule has 0 aliphatic carbocycles. The predicted molar refractivity (Wildman–Crippen MR) is 81.7 cm³/mol. The highest BCUT2D eigenvalue weighted by Gasteiger charge is 2.33. The molecule has 0 aromatic carbocycles. The molecule has 0 atom stereocenters. The maximum atomic E-state index is 11.0. The van der Waals surface area contributed by atoms with E-state index in [1.165, 1.54) is 0 Å². The number of carbonyl (C=O) groups excluding carboxylic acids is 1. The van der Waals surface area contributed by atoms with Gasteiger partial charge in [-0.1, -0.05) is 40.5 Å². The van der Waals surface area contributed by atoms with Crippen molar-refractivity contribution in [3.8, 4) is 0 Å². The topological polar surface area (TPSA) is 63.6 Å². The molecule has 0 rings (SSSR count). The molecule has 1 N–H and O–H groups in total. The Bertz CT molecular complexity index is 249. The van der Waals surface area contributed by atoms with Gasteiger partial charge in [-0.25, -0.2) is 0 Å². The summed E-state index contributed by atoms with van der Waals surface area (Å²) in [5.74, 6) is -0.712. The molecular weight excluding hydrogens is 256 g/mol. The van der Waals surface area contributed by atoms with E-state index in [0.717, 1.165) is 38.5 Å². The van der Waals surface area contributed by atoms with Crippen molar-refractivity contribution in [3.63, 3.8) is 0 Å². The minimum atomic E-state index is -0.624. The summed E-state index contributed by atoms with van der Waals surface area (Å²) < 4.78 is 4.64. The number of aliphatic carboxylic acids is 1. The second-order valence-electron chi connectivity index (χ2n) is 4.95. The number of carboxylic acid groups (broad SMARTS) is 1. The number of rotatable bonds is 9. The van der Waals surface area contributed by atoms with Crippen molar-refractivity contribution in [1.82, 2.24) is 0 Å². The zero-order chi connectivity index (χ0) is 16.0. The van der Waals surface area contributed by atoms with Crippen molar-refractivity contribution >= 4 is 11.9 Å². The van der Waals surface area contributed by atoms with E-state index in [4.69, 9.17) is 5.11 Å². The number of carbonyl (C=O) groups is 2. The Labute approximate surface area is 123 Å². The van der Waals surface area contributed by atoms with E-state index in [0.29, 0.717) is 13.0 Å². The van der Waals surface area contributed by atoms with Crippen LogP contribution in [0.25, 0.3) is 0 Å². The van der Waals surface area contributed by atoms with E-state index in [1.807, 2.05) is 27.7 Å².